The highest BCUT2D eigenvalue weighted by Crippen LogP contribution is 2.38. The first kappa shape index (κ1) is 20.2. The highest BCUT2D eigenvalue weighted by atomic mass is 79.9. The van der Waals surface area contributed by atoms with E-state index in [1.807, 2.05) is 6.07 Å². The first-order valence-electron chi connectivity index (χ1n) is 9.07. The fourth-order valence-electron chi connectivity index (χ4n) is 3.20. The Hall–Kier alpha value is -3.05. The van der Waals surface area contributed by atoms with E-state index in [0.29, 0.717) is 16.7 Å². The zero-order valence-electron chi connectivity index (χ0n) is 15.8. The Morgan fingerprint density at radius 2 is 2.00 bits per heavy atom. The molecule has 4 atom stereocenters. The Labute approximate surface area is 179 Å². The van der Waals surface area contributed by atoms with Gasteiger partial charge < -0.3 is 19.9 Å². The van der Waals surface area contributed by atoms with Crippen molar-refractivity contribution in [1.82, 2.24) is 19.5 Å². The van der Waals surface area contributed by atoms with Gasteiger partial charge in [-0.25, -0.2) is 19.7 Å². The first-order valence-corrected chi connectivity index (χ1v) is 9.99. The molecule has 1 aliphatic heterocycles. The maximum Gasteiger partial charge on any atom is 0.338 e. The third-order valence-corrected chi connectivity index (χ3v) is 5.74. The average molecular weight is 476 g/mol. The summed E-state index contributed by atoms with van der Waals surface area (Å²) in [5.41, 5.74) is 7.12. The largest absolute Gasteiger partial charge is 0.463 e. The number of nitrogens with zero attached hydrogens (tertiary/aromatic N) is 4. The second-order valence-electron chi connectivity index (χ2n) is 6.63. The van der Waals surface area contributed by atoms with E-state index in [-0.39, 0.29) is 12.4 Å². The quantitative estimate of drug-likeness (QED) is 0.433. The molecule has 0 bridgehead atoms. The highest BCUT2D eigenvalue weighted by molar-refractivity contribution is 9.09. The number of anilines is 1. The summed E-state index contributed by atoms with van der Waals surface area (Å²) in [6.45, 7) is 1.30. The van der Waals surface area contributed by atoms with Crippen LogP contribution in [0, 0.1) is 0 Å². The topological polar surface area (TPSA) is 131 Å². The van der Waals surface area contributed by atoms with Crippen LogP contribution in [-0.4, -0.2) is 55.1 Å². The molecular weight excluding hydrogens is 458 g/mol. The van der Waals surface area contributed by atoms with Gasteiger partial charge in [0.25, 0.3) is 0 Å². The van der Waals surface area contributed by atoms with E-state index in [4.69, 9.17) is 19.9 Å². The molecule has 2 aromatic heterocycles. The van der Waals surface area contributed by atoms with E-state index in [1.165, 1.54) is 19.6 Å². The van der Waals surface area contributed by atoms with Gasteiger partial charge in [-0.15, -0.1) is 0 Å². The standard InChI is InChI=1S/C19H18BrN5O5/c1-10(26)28-7-12-13(20)15(30-19(27)11-5-3-2-4-6-11)18(29-12)25-9-24-14-16(21)22-8-23-17(14)25/h2-6,8-9,12-13,15,18H,7H2,1H3,(H2,21,22,23)/t12-,13?,15?,18-/m1/s1. The lowest BCUT2D eigenvalue weighted by atomic mass is 10.2. The lowest BCUT2D eigenvalue weighted by molar-refractivity contribution is -0.145. The van der Waals surface area contributed by atoms with Crippen LogP contribution in [-0.2, 0) is 19.0 Å². The van der Waals surface area contributed by atoms with Gasteiger partial charge in [0.15, 0.2) is 23.8 Å². The normalized spacial score (nSPS) is 23.4. The predicted octanol–water partition coefficient (Wildman–Crippen LogP) is 1.86. The molecule has 11 heteroatoms. The van der Waals surface area contributed by atoms with Gasteiger partial charge in [-0.2, -0.15) is 0 Å². The molecule has 1 saturated heterocycles. The van der Waals surface area contributed by atoms with E-state index in [1.54, 1.807) is 28.8 Å². The Balaban J connectivity index is 1.66. The van der Waals surface area contributed by atoms with Crippen molar-refractivity contribution < 1.29 is 23.8 Å². The molecule has 10 nitrogen and oxygen atoms in total. The van der Waals surface area contributed by atoms with Crippen molar-refractivity contribution >= 4 is 44.9 Å². The summed E-state index contributed by atoms with van der Waals surface area (Å²) in [6, 6.07) is 8.62. The van der Waals surface area contributed by atoms with Crippen LogP contribution in [0.3, 0.4) is 0 Å². The summed E-state index contributed by atoms with van der Waals surface area (Å²) in [6.07, 6.45) is 0.716. The molecule has 3 aromatic rings. The van der Waals surface area contributed by atoms with Gasteiger partial charge in [0.05, 0.1) is 16.7 Å². The van der Waals surface area contributed by atoms with Crippen LogP contribution in [0.5, 0.6) is 0 Å². The molecule has 156 valence electrons. The number of alkyl halides is 1. The fourth-order valence-corrected chi connectivity index (χ4v) is 3.85. The number of carbonyl (C=O) groups excluding carboxylic acids is 2. The number of ether oxygens (including phenoxy) is 3. The van der Waals surface area contributed by atoms with Crippen molar-refractivity contribution in [3.8, 4) is 0 Å². The predicted molar refractivity (Wildman–Crippen MR) is 109 cm³/mol. The van der Waals surface area contributed by atoms with Crippen LogP contribution < -0.4 is 5.73 Å². The minimum atomic E-state index is -0.776. The Morgan fingerprint density at radius 1 is 1.23 bits per heavy atom. The molecule has 4 rings (SSSR count). The molecule has 0 radical (unpaired) electrons. The number of imidazole rings is 1. The monoisotopic (exact) mass is 475 g/mol. The van der Waals surface area contributed by atoms with Gasteiger partial charge in [0.1, 0.15) is 24.6 Å². The molecule has 0 spiro atoms. The number of aromatic nitrogens is 4. The third-order valence-electron chi connectivity index (χ3n) is 4.63. The number of hydrogen-bond acceptors (Lipinski definition) is 9. The minimum Gasteiger partial charge on any atom is -0.463 e. The molecule has 0 amide bonds. The Morgan fingerprint density at radius 3 is 2.73 bits per heavy atom. The third kappa shape index (κ3) is 3.85. The average Bonchev–Trinajstić information content (AvgIpc) is 3.30. The van der Waals surface area contributed by atoms with E-state index < -0.39 is 35.2 Å². The summed E-state index contributed by atoms with van der Waals surface area (Å²) >= 11 is 3.54. The first-order chi connectivity index (χ1) is 14.5. The molecule has 3 heterocycles. The molecule has 1 aromatic carbocycles. The molecule has 1 fully saturated rings. The van der Waals surface area contributed by atoms with E-state index in [0.717, 1.165) is 0 Å². The van der Waals surface area contributed by atoms with Gasteiger partial charge in [-0.3, -0.25) is 9.36 Å². The summed E-state index contributed by atoms with van der Waals surface area (Å²) in [5.74, 6) is -0.722. The van der Waals surface area contributed by atoms with E-state index in [2.05, 4.69) is 30.9 Å². The van der Waals surface area contributed by atoms with Gasteiger partial charge in [-0.05, 0) is 12.1 Å². The molecule has 1 aliphatic rings. The second kappa shape index (κ2) is 8.36. The van der Waals surface area contributed by atoms with Crippen molar-refractivity contribution in [3.05, 3.63) is 48.5 Å². The number of carbonyl (C=O) groups is 2. The SMILES string of the molecule is CC(=O)OC[C@H]1O[C@@H](n2cnc3c(N)ncnc32)C(OC(=O)c2ccccc2)C1Br. The number of rotatable bonds is 5. The summed E-state index contributed by atoms with van der Waals surface area (Å²) in [4.78, 5) is 35.9. The molecule has 2 N–H and O–H groups in total. The Kier molecular flexibility index (Phi) is 5.64. The van der Waals surface area contributed by atoms with Crippen LogP contribution in [0.15, 0.2) is 43.0 Å². The maximum atomic E-state index is 12.7. The van der Waals surface area contributed by atoms with Crippen LogP contribution in [0.25, 0.3) is 11.2 Å². The van der Waals surface area contributed by atoms with E-state index in [9.17, 15) is 9.59 Å². The van der Waals surface area contributed by atoms with Crippen LogP contribution >= 0.6 is 15.9 Å². The van der Waals surface area contributed by atoms with Crippen LogP contribution in [0.2, 0.25) is 0 Å². The number of fused-ring (bicyclic) bond motifs is 1. The van der Waals surface area contributed by atoms with Gasteiger partial charge in [-0.1, -0.05) is 34.1 Å². The zero-order chi connectivity index (χ0) is 21.3. The van der Waals surface area contributed by atoms with Crippen molar-refractivity contribution in [1.29, 1.82) is 0 Å². The number of nitrogen functional groups attached to an aromatic ring is 1. The van der Waals surface area contributed by atoms with Crippen LogP contribution in [0.4, 0.5) is 5.82 Å². The zero-order valence-corrected chi connectivity index (χ0v) is 17.4. The Bertz CT molecular complexity index is 1080. The van der Waals surface area contributed by atoms with Crippen molar-refractivity contribution in [2.45, 2.75) is 30.2 Å². The highest BCUT2D eigenvalue weighted by Gasteiger charge is 2.48. The fraction of sp³-hybridized carbons (Fsp3) is 0.316. The van der Waals surface area contributed by atoms with Crippen molar-refractivity contribution in [2.24, 2.45) is 0 Å². The molecule has 0 aliphatic carbocycles. The summed E-state index contributed by atoms with van der Waals surface area (Å²) in [7, 11) is 0. The van der Waals surface area contributed by atoms with Crippen LogP contribution in [0.1, 0.15) is 23.5 Å². The smallest absolute Gasteiger partial charge is 0.338 e. The summed E-state index contributed by atoms with van der Waals surface area (Å²) < 4.78 is 18.6. The number of benzene rings is 1. The number of hydrogen-bond donors (Lipinski definition) is 1. The van der Waals surface area contributed by atoms with Gasteiger partial charge in [0, 0.05) is 6.92 Å². The lowest BCUT2D eigenvalue weighted by Crippen LogP contribution is -2.33. The second-order valence-corrected chi connectivity index (χ2v) is 7.69. The van der Waals surface area contributed by atoms with Crippen molar-refractivity contribution in [2.75, 3.05) is 12.3 Å². The van der Waals surface area contributed by atoms with Crippen molar-refractivity contribution in [3.63, 3.8) is 0 Å². The molecule has 2 unspecified atom stereocenters. The van der Waals surface area contributed by atoms with Gasteiger partial charge in [0.2, 0.25) is 0 Å². The summed E-state index contributed by atoms with van der Waals surface area (Å²) in [5, 5.41) is 0. The molecular formula is C19H18BrN5O5. The van der Waals surface area contributed by atoms with E-state index >= 15 is 0 Å². The minimum absolute atomic E-state index is 0.00904. The number of nitrogens with two attached hydrogens (primary N) is 1. The molecule has 30 heavy (non-hydrogen) atoms. The number of esters is 2. The van der Waals surface area contributed by atoms with Gasteiger partial charge >= 0.3 is 11.9 Å². The maximum absolute atomic E-state index is 12.7. The number of halogens is 1. The lowest BCUT2D eigenvalue weighted by Gasteiger charge is -2.22. The molecule has 0 saturated carbocycles.